The summed E-state index contributed by atoms with van der Waals surface area (Å²) in [6.45, 7) is 6.88. The van der Waals surface area contributed by atoms with Crippen molar-refractivity contribution in [3.63, 3.8) is 0 Å². The number of likely N-dealkylation sites (tertiary alicyclic amines) is 1. The van der Waals surface area contributed by atoms with E-state index >= 15 is 0 Å². The molecule has 0 aromatic heterocycles. The third kappa shape index (κ3) is 4.93. The number of allylic oxidation sites excluding steroid dienone is 2. The van der Waals surface area contributed by atoms with Gasteiger partial charge in [-0.05, 0) is 51.8 Å². The van der Waals surface area contributed by atoms with Crippen molar-refractivity contribution < 1.29 is 14.3 Å². The number of nitrogens with one attached hydrogen (secondary N) is 2. The van der Waals surface area contributed by atoms with Gasteiger partial charge in [-0.2, -0.15) is 0 Å². The summed E-state index contributed by atoms with van der Waals surface area (Å²) in [5.41, 5.74) is 0.988. The highest BCUT2D eigenvalue weighted by molar-refractivity contribution is 6.05. The van der Waals surface area contributed by atoms with Gasteiger partial charge in [-0.1, -0.05) is 24.3 Å². The van der Waals surface area contributed by atoms with Crippen molar-refractivity contribution in [2.75, 3.05) is 31.5 Å². The van der Waals surface area contributed by atoms with E-state index < -0.39 is 0 Å². The Morgan fingerprint density at radius 2 is 1.71 bits per heavy atom. The number of ether oxygens (including phenoxy) is 1. The summed E-state index contributed by atoms with van der Waals surface area (Å²) < 4.78 is 5.80. The fourth-order valence-electron chi connectivity index (χ4n) is 3.83. The number of benzene rings is 1. The van der Waals surface area contributed by atoms with Crippen LogP contribution in [0, 0.1) is 11.8 Å². The van der Waals surface area contributed by atoms with Gasteiger partial charge in [0.2, 0.25) is 11.8 Å². The second kappa shape index (κ2) is 9.73. The second-order valence-electron chi connectivity index (χ2n) is 7.68. The lowest BCUT2D eigenvalue weighted by molar-refractivity contribution is -0.139. The molecule has 1 heterocycles. The van der Waals surface area contributed by atoms with Gasteiger partial charge in [0, 0.05) is 19.6 Å². The number of anilines is 1. The Morgan fingerprint density at radius 3 is 2.39 bits per heavy atom. The van der Waals surface area contributed by atoms with E-state index in [4.69, 9.17) is 4.74 Å². The SMILES string of the molecule is CC(C)Oc1ccccc1NCCNCCCN1C(=O)C2CC=CCC2C1=O. The normalized spacial score (nSPS) is 21.3. The third-order valence-corrected chi connectivity index (χ3v) is 5.20. The van der Waals surface area contributed by atoms with E-state index in [9.17, 15) is 9.59 Å². The molecule has 3 rings (SSSR count). The van der Waals surface area contributed by atoms with Crippen molar-refractivity contribution in [3.05, 3.63) is 36.4 Å². The van der Waals surface area contributed by atoms with E-state index in [1.807, 2.05) is 50.3 Å². The Bertz CT molecular complexity index is 691. The molecule has 2 atom stereocenters. The summed E-state index contributed by atoms with van der Waals surface area (Å²) in [7, 11) is 0. The van der Waals surface area contributed by atoms with Gasteiger partial charge < -0.3 is 15.4 Å². The average Bonchev–Trinajstić information content (AvgIpc) is 2.93. The van der Waals surface area contributed by atoms with Crippen molar-refractivity contribution in [1.29, 1.82) is 0 Å². The van der Waals surface area contributed by atoms with Gasteiger partial charge in [0.25, 0.3) is 0 Å². The fourth-order valence-corrected chi connectivity index (χ4v) is 3.83. The minimum atomic E-state index is -0.122. The summed E-state index contributed by atoms with van der Waals surface area (Å²) in [6.07, 6.45) is 6.37. The van der Waals surface area contributed by atoms with Crippen molar-refractivity contribution >= 4 is 17.5 Å². The maximum absolute atomic E-state index is 12.4. The molecular weight excluding hydrogens is 354 g/mol. The van der Waals surface area contributed by atoms with Crippen molar-refractivity contribution in [2.24, 2.45) is 11.8 Å². The first kappa shape index (κ1) is 20.4. The Labute approximate surface area is 167 Å². The number of carbonyl (C=O) groups is 2. The van der Waals surface area contributed by atoms with Gasteiger partial charge in [-0.3, -0.25) is 14.5 Å². The molecule has 1 saturated heterocycles. The fraction of sp³-hybridized carbons (Fsp3) is 0.545. The van der Waals surface area contributed by atoms with Crippen LogP contribution in [0.4, 0.5) is 5.69 Å². The molecule has 152 valence electrons. The molecule has 1 aromatic rings. The highest BCUT2D eigenvalue weighted by Gasteiger charge is 2.46. The van der Waals surface area contributed by atoms with Crippen molar-refractivity contribution in [1.82, 2.24) is 10.2 Å². The van der Waals surface area contributed by atoms with Gasteiger partial charge in [-0.25, -0.2) is 0 Å². The third-order valence-electron chi connectivity index (χ3n) is 5.20. The minimum Gasteiger partial charge on any atom is -0.489 e. The summed E-state index contributed by atoms with van der Waals surface area (Å²) in [5.74, 6) is 0.649. The molecule has 1 fully saturated rings. The predicted octanol–water partition coefficient (Wildman–Crippen LogP) is 2.82. The Kier molecular flexibility index (Phi) is 7.09. The molecule has 2 N–H and O–H groups in total. The quantitative estimate of drug-likeness (QED) is 0.368. The maximum Gasteiger partial charge on any atom is 0.233 e. The zero-order valence-corrected chi connectivity index (χ0v) is 16.8. The smallest absolute Gasteiger partial charge is 0.233 e. The van der Waals surface area contributed by atoms with E-state index in [0.29, 0.717) is 19.4 Å². The van der Waals surface area contributed by atoms with Crippen LogP contribution in [-0.4, -0.2) is 49.0 Å². The second-order valence-corrected chi connectivity index (χ2v) is 7.68. The summed E-state index contributed by atoms with van der Waals surface area (Å²) in [4.78, 5) is 26.3. The summed E-state index contributed by atoms with van der Waals surface area (Å²) in [6, 6.07) is 7.93. The van der Waals surface area contributed by atoms with E-state index in [-0.39, 0.29) is 29.8 Å². The van der Waals surface area contributed by atoms with E-state index in [1.165, 1.54) is 4.90 Å². The highest BCUT2D eigenvalue weighted by atomic mass is 16.5. The molecule has 2 aliphatic rings. The van der Waals surface area contributed by atoms with Gasteiger partial charge in [-0.15, -0.1) is 0 Å². The molecule has 6 nitrogen and oxygen atoms in total. The zero-order valence-electron chi connectivity index (χ0n) is 16.8. The lowest BCUT2D eigenvalue weighted by Crippen LogP contribution is -2.34. The Hall–Kier alpha value is -2.34. The van der Waals surface area contributed by atoms with Gasteiger partial charge in [0.1, 0.15) is 5.75 Å². The molecular formula is C22H31N3O3. The lowest BCUT2D eigenvalue weighted by atomic mass is 9.85. The molecule has 1 aliphatic carbocycles. The number of rotatable bonds is 10. The standard InChI is InChI=1S/C22H31N3O3/c1-16(2)28-20-11-6-5-10-19(20)24-14-13-23-12-7-15-25-21(26)17-8-3-4-9-18(17)22(25)27/h3-6,10-11,16-18,23-24H,7-9,12-15H2,1-2H3. The molecule has 0 spiro atoms. The first-order valence-corrected chi connectivity index (χ1v) is 10.3. The molecule has 0 radical (unpaired) electrons. The topological polar surface area (TPSA) is 70.7 Å². The number of amides is 2. The minimum absolute atomic E-state index is 0.0165. The highest BCUT2D eigenvalue weighted by Crippen LogP contribution is 2.34. The molecule has 28 heavy (non-hydrogen) atoms. The number of imide groups is 1. The largest absolute Gasteiger partial charge is 0.489 e. The van der Waals surface area contributed by atoms with Crippen LogP contribution in [0.15, 0.2) is 36.4 Å². The molecule has 2 unspecified atom stereocenters. The molecule has 0 bridgehead atoms. The van der Waals surface area contributed by atoms with Crippen LogP contribution in [0.25, 0.3) is 0 Å². The summed E-state index contributed by atoms with van der Waals surface area (Å²) >= 11 is 0. The van der Waals surface area contributed by atoms with Crippen LogP contribution in [0.1, 0.15) is 33.1 Å². The first-order valence-electron chi connectivity index (χ1n) is 10.3. The van der Waals surface area contributed by atoms with Crippen LogP contribution < -0.4 is 15.4 Å². The van der Waals surface area contributed by atoms with E-state index in [2.05, 4.69) is 10.6 Å². The van der Waals surface area contributed by atoms with Gasteiger partial charge in [0.15, 0.2) is 0 Å². The van der Waals surface area contributed by atoms with Crippen molar-refractivity contribution in [2.45, 2.75) is 39.2 Å². The monoisotopic (exact) mass is 385 g/mol. The van der Waals surface area contributed by atoms with Crippen LogP contribution in [0.2, 0.25) is 0 Å². The number of hydrogen-bond acceptors (Lipinski definition) is 5. The van der Waals surface area contributed by atoms with E-state index in [1.54, 1.807) is 0 Å². The molecule has 1 aliphatic heterocycles. The molecule has 6 heteroatoms. The predicted molar refractivity (Wildman–Crippen MR) is 110 cm³/mol. The van der Waals surface area contributed by atoms with Gasteiger partial charge in [0.05, 0.1) is 23.6 Å². The van der Waals surface area contributed by atoms with Crippen LogP contribution in [0.5, 0.6) is 5.75 Å². The Balaban J connectivity index is 1.33. The first-order chi connectivity index (χ1) is 13.6. The molecule has 1 aromatic carbocycles. The number of para-hydroxylation sites is 2. The number of fused-ring (bicyclic) bond motifs is 1. The number of nitrogens with zero attached hydrogens (tertiary/aromatic N) is 1. The zero-order chi connectivity index (χ0) is 19.9. The van der Waals surface area contributed by atoms with Crippen LogP contribution in [-0.2, 0) is 9.59 Å². The molecule has 2 amide bonds. The van der Waals surface area contributed by atoms with Crippen molar-refractivity contribution in [3.8, 4) is 5.75 Å². The lowest BCUT2D eigenvalue weighted by Gasteiger charge is -2.16. The van der Waals surface area contributed by atoms with Crippen LogP contribution >= 0.6 is 0 Å². The molecule has 0 saturated carbocycles. The number of carbonyl (C=O) groups excluding carboxylic acids is 2. The van der Waals surface area contributed by atoms with Crippen LogP contribution in [0.3, 0.4) is 0 Å². The Morgan fingerprint density at radius 1 is 1.04 bits per heavy atom. The maximum atomic E-state index is 12.4. The van der Waals surface area contributed by atoms with E-state index in [0.717, 1.165) is 37.5 Å². The van der Waals surface area contributed by atoms with Gasteiger partial charge >= 0.3 is 0 Å². The average molecular weight is 386 g/mol. The number of hydrogen-bond donors (Lipinski definition) is 2. The summed E-state index contributed by atoms with van der Waals surface area (Å²) in [5, 5.41) is 6.75.